The van der Waals surface area contributed by atoms with Gasteiger partial charge in [0.1, 0.15) is 17.2 Å². The number of piperazine rings is 1. The lowest BCUT2D eigenvalue weighted by Crippen LogP contribution is -2.47. The largest absolute Gasteiger partial charge is 0.497 e. The van der Waals surface area contributed by atoms with Crippen LogP contribution in [0.1, 0.15) is 6.42 Å². The van der Waals surface area contributed by atoms with Gasteiger partial charge in [0.25, 0.3) is 0 Å². The molecule has 0 radical (unpaired) electrons. The van der Waals surface area contributed by atoms with E-state index >= 15 is 0 Å². The number of benzene rings is 2. The average molecular weight is 457 g/mol. The Hall–Kier alpha value is -3.46. The normalized spacial score (nSPS) is 13.8. The molecule has 178 valence electrons. The van der Waals surface area contributed by atoms with Gasteiger partial charge in [0.05, 0.1) is 27.0 Å². The second-order valence-corrected chi connectivity index (χ2v) is 7.66. The molecule has 0 bridgehead atoms. The van der Waals surface area contributed by atoms with Gasteiger partial charge in [-0.3, -0.25) is 14.5 Å². The molecule has 0 saturated carbocycles. The number of rotatable bonds is 9. The molecule has 1 fully saturated rings. The molecule has 0 aliphatic carbocycles. The second-order valence-electron chi connectivity index (χ2n) is 7.66. The van der Waals surface area contributed by atoms with Crippen LogP contribution in [-0.2, 0) is 9.59 Å². The van der Waals surface area contributed by atoms with E-state index in [1.54, 1.807) is 25.3 Å². The summed E-state index contributed by atoms with van der Waals surface area (Å²) in [4.78, 5) is 29.1. The first kappa shape index (κ1) is 24.2. The molecule has 0 aromatic heterocycles. The molecular weight excluding hydrogens is 424 g/mol. The van der Waals surface area contributed by atoms with Gasteiger partial charge in [0, 0.05) is 44.5 Å². The lowest BCUT2D eigenvalue weighted by molar-refractivity contribution is -0.136. The van der Waals surface area contributed by atoms with Crippen LogP contribution in [0.25, 0.3) is 0 Å². The maximum Gasteiger partial charge on any atom is 0.313 e. The third-order valence-electron chi connectivity index (χ3n) is 5.61. The maximum absolute atomic E-state index is 12.2. The van der Waals surface area contributed by atoms with Crippen molar-refractivity contribution in [3.63, 3.8) is 0 Å². The summed E-state index contributed by atoms with van der Waals surface area (Å²) in [5.41, 5.74) is 1.58. The maximum atomic E-state index is 12.2. The first-order valence-corrected chi connectivity index (χ1v) is 11.0. The average Bonchev–Trinajstić information content (AvgIpc) is 2.86. The summed E-state index contributed by atoms with van der Waals surface area (Å²) in [5, 5.41) is 5.26. The van der Waals surface area contributed by atoms with Crippen molar-refractivity contribution in [2.45, 2.75) is 6.42 Å². The highest BCUT2D eigenvalue weighted by molar-refractivity contribution is 6.39. The van der Waals surface area contributed by atoms with Crippen LogP contribution in [0.15, 0.2) is 42.5 Å². The van der Waals surface area contributed by atoms with Gasteiger partial charge in [-0.25, -0.2) is 0 Å². The zero-order chi connectivity index (χ0) is 23.6. The second kappa shape index (κ2) is 12.0. The number of amides is 2. The van der Waals surface area contributed by atoms with Gasteiger partial charge >= 0.3 is 11.8 Å². The molecule has 1 aliphatic heterocycles. The Morgan fingerprint density at radius 2 is 1.52 bits per heavy atom. The highest BCUT2D eigenvalue weighted by atomic mass is 16.5. The summed E-state index contributed by atoms with van der Waals surface area (Å²) in [6, 6.07) is 13.1. The quantitative estimate of drug-likeness (QED) is 0.440. The van der Waals surface area contributed by atoms with Crippen molar-refractivity contribution in [3.05, 3.63) is 42.5 Å². The molecule has 2 aromatic rings. The van der Waals surface area contributed by atoms with Crippen molar-refractivity contribution in [2.24, 2.45) is 0 Å². The molecule has 0 atom stereocenters. The Balaban J connectivity index is 1.36. The Kier molecular flexibility index (Phi) is 8.77. The van der Waals surface area contributed by atoms with Crippen LogP contribution in [-0.4, -0.2) is 77.3 Å². The zero-order valence-electron chi connectivity index (χ0n) is 19.4. The molecule has 1 aliphatic rings. The van der Waals surface area contributed by atoms with Crippen LogP contribution in [0.3, 0.4) is 0 Å². The number of anilines is 2. The molecule has 9 heteroatoms. The van der Waals surface area contributed by atoms with Crippen molar-refractivity contribution in [1.82, 2.24) is 10.2 Å². The zero-order valence-corrected chi connectivity index (χ0v) is 19.4. The minimum Gasteiger partial charge on any atom is -0.497 e. The van der Waals surface area contributed by atoms with Crippen molar-refractivity contribution < 1.29 is 23.8 Å². The van der Waals surface area contributed by atoms with Crippen LogP contribution in [0.4, 0.5) is 11.4 Å². The molecule has 2 aromatic carbocycles. The van der Waals surface area contributed by atoms with Crippen LogP contribution < -0.4 is 29.7 Å². The van der Waals surface area contributed by atoms with Crippen molar-refractivity contribution in [3.8, 4) is 17.2 Å². The van der Waals surface area contributed by atoms with Crippen LogP contribution in [0.5, 0.6) is 17.2 Å². The van der Waals surface area contributed by atoms with E-state index in [0.29, 0.717) is 23.7 Å². The molecule has 0 spiro atoms. The van der Waals surface area contributed by atoms with Crippen molar-refractivity contribution in [2.75, 3.05) is 70.8 Å². The van der Waals surface area contributed by atoms with Gasteiger partial charge in [-0.05, 0) is 49.4 Å². The Morgan fingerprint density at radius 1 is 0.848 bits per heavy atom. The Labute approximate surface area is 194 Å². The van der Waals surface area contributed by atoms with Gasteiger partial charge < -0.3 is 29.7 Å². The molecule has 9 nitrogen and oxygen atoms in total. The first-order valence-electron chi connectivity index (χ1n) is 11.0. The van der Waals surface area contributed by atoms with Gasteiger partial charge in [0.15, 0.2) is 0 Å². The fraction of sp³-hybridized carbons (Fsp3) is 0.417. The molecule has 2 N–H and O–H groups in total. The number of carbonyl (C=O) groups is 2. The van der Waals surface area contributed by atoms with E-state index in [1.165, 1.54) is 19.9 Å². The number of nitrogens with one attached hydrogen (secondary N) is 2. The Bertz CT molecular complexity index is 927. The van der Waals surface area contributed by atoms with E-state index in [4.69, 9.17) is 14.2 Å². The summed E-state index contributed by atoms with van der Waals surface area (Å²) in [6.07, 6.45) is 0.768. The molecule has 2 amide bonds. The monoisotopic (exact) mass is 456 g/mol. The van der Waals surface area contributed by atoms with Gasteiger partial charge in [-0.1, -0.05) is 0 Å². The van der Waals surface area contributed by atoms with Gasteiger partial charge in [-0.2, -0.15) is 0 Å². The van der Waals surface area contributed by atoms with Crippen molar-refractivity contribution in [1.29, 1.82) is 0 Å². The fourth-order valence-electron chi connectivity index (χ4n) is 3.70. The predicted octanol–water partition coefficient (Wildman–Crippen LogP) is 1.98. The lowest BCUT2D eigenvalue weighted by Gasteiger charge is -2.36. The third-order valence-corrected chi connectivity index (χ3v) is 5.61. The first-order chi connectivity index (χ1) is 16.0. The summed E-state index contributed by atoms with van der Waals surface area (Å²) >= 11 is 0. The lowest BCUT2D eigenvalue weighted by atomic mass is 10.2. The predicted molar refractivity (Wildman–Crippen MR) is 127 cm³/mol. The molecule has 3 rings (SSSR count). The number of nitrogens with zero attached hydrogens (tertiary/aromatic N) is 2. The Morgan fingerprint density at radius 3 is 2.15 bits per heavy atom. The summed E-state index contributed by atoms with van der Waals surface area (Å²) in [7, 11) is 4.69. The topological polar surface area (TPSA) is 92.4 Å². The molecular formula is C24H32N4O5. The van der Waals surface area contributed by atoms with E-state index in [9.17, 15) is 9.59 Å². The van der Waals surface area contributed by atoms with E-state index in [0.717, 1.165) is 44.9 Å². The SMILES string of the molecule is COc1ccc(N2CCN(CCCNC(=O)C(=O)Nc3cc(OC)ccc3OC)CC2)cc1. The van der Waals surface area contributed by atoms with Gasteiger partial charge in [-0.15, -0.1) is 0 Å². The molecule has 33 heavy (non-hydrogen) atoms. The number of hydrogen-bond acceptors (Lipinski definition) is 7. The third kappa shape index (κ3) is 6.76. The fourth-order valence-corrected chi connectivity index (χ4v) is 3.70. The highest BCUT2D eigenvalue weighted by Gasteiger charge is 2.18. The minimum atomic E-state index is -0.741. The standard InChI is InChI=1S/C24H32N4O5/c1-31-19-7-5-18(6-8-19)28-15-13-27(14-16-28)12-4-11-25-23(29)24(30)26-21-17-20(32-2)9-10-22(21)33-3/h5-10,17H,4,11-16H2,1-3H3,(H,25,29)(H,26,30). The van der Waals surface area contributed by atoms with Crippen LogP contribution in [0.2, 0.25) is 0 Å². The number of methoxy groups -OCH3 is 3. The molecule has 1 heterocycles. The van der Waals surface area contributed by atoms with Crippen LogP contribution >= 0.6 is 0 Å². The smallest absolute Gasteiger partial charge is 0.313 e. The summed E-state index contributed by atoms with van der Waals surface area (Å²) in [5.74, 6) is 0.443. The number of carbonyl (C=O) groups excluding carboxylic acids is 2. The summed E-state index contributed by atoms with van der Waals surface area (Å²) < 4.78 is 15.6. The van der Waals surface area contributed by atoms with Crippen LogP contribution in [0, 0.1) is 0 Å². The highest BCUT2D eigenvalue weighted by Crippen LogP contribution is 2.28. The van der Waals surface area contributed by atoms with Gasteiger partial charge in [0.2, 0.25) is 0 Å². The minimum absolute atomic E-state index is 0.381. The van der Waals surface area contributed by atoms with E-state index in [1.807, 2.05) is 12.1 Å². The van der Waals surface area contributed by atoms with E-state index < -0.39 is 11.8 Å². The van der Waals surface area contributed by atoms with E-state index in [-0.39, 0.29) is 0 Å². The van der Waals surface area contributed by atoms with Crippen molar-refractivity contribution >= 4 is 23.2 Å². The number of ether oxygens (including phenoxy) is 3. The number of hydrogen-bond donors (Lipinski definition) is 2. The molecule has 1 saturated heterocycles. The molecule has 0 unspecified atom stereocenters. The summed E-state index contributed by atoms with van der Waals surface area (Å²) in [6.45, 7) is 5.10. The van der Waals surface area contributed by atoms with E-state index in [2.05, 4.69) is 32.6 Å².